The molecule has 1 saturated heterocycles. The first-order valence-electron chi connectivity index (χ1n) is 6.88. The third-order valence-electron chi connectivity index (χ3n) is 3.92. The average Bonchev–Trinajstić information content (AvgIpc) is 2.47. The van der Waals surface area contributed by atoms with E-state index in [9.17, 15) is 22.8 Å². The van der Waals surface area contributed by atoms with Crippen molar-refractivity contribution in [3.8, 4) is 0 Å². The second-order valence-corrected chi connectivity index (χ2v) is 5.73. The van der Waals surface area contributed by atoms with Crippen LogP contribution >= 0.6 is 11.6 Å². The summed E-state index contributed by atoms with van der Waals surface area (Å²) in [7, 11) is 0. The Morgan fingerprint density at radius 2 is 2.13 bits per heavy atom. The van der Waals surface area contributed by atoms with Gasteiger partial charge in [0.05, 0.1) is 16.6 Å². The smallest absolute Gasteiger partial charge is 0.438 e. The van der Waals surface area contributed by atoms with Gasteiger partial charge in [-0.25, -0.2) is 4.79 Å². The fourth-order valence-corrected chi connectivity index (χ4v) is 3.19. The van der Waals surface area contributed by atoms with Gasteiger partial charge in [0, 0.05) is 13.1 Å². The second kappa shape index (κ2) is 5.68. The van der Waals surface area contributed by atoms with Crippen LogP contribution in [0.3, 0.4) is 0 Å². The molecule has 1 fully saturated rings. The normalized spacial score (nSPS) is 24.0. The second-order valence-electron chi connectivity index (χ2n) is 5.32. The van der Waals surface area contributed by atoms with Crippen molar-refractivity contribution in [1.29, 1.82) is 0 Å². The molecule has 124 valence electrons. The molecule has 2 heterocycles. The molecule has 2 aliphatic rings. The number of rotatable bonds is 1. The summed E-state index contributed by atoms with van der Waals surface area (Å²) in [6.45, 7) is 0.520. The summed E-state index contributed by atoms with van der Waals surface area (Å²) in [5.74, 6) is -2.64. The zero-order valence-electron chi connectivity index (χ0n) is 11.7. The van der Waals surface area contributed by atoms with Gasteiger partial charge in [-0.2, -0.15) is 13.2 Å². The molecule has 1 aromatic carbocycles. The molecule has 1 aromatic rings. The number of alkyl halides is 3. The number of benzene rings is 1. The van der Waals surface area contributed by atoms with Crippen molar-refractivity contribution in [3.05, 3.63) is 34.3 Å². The zero-order chi connectivity index (χ0) is 16.8. The summed E-state index contributed by atoms with van der Waals surface area (Å²) in [6.07, 6.45) is -6.04. The van der Waals surface area contributed by atoms with Gasteiger partial charge in [-0.3, -0.25) is 10.1 Å². The van der Waals surface area contributed by atoms with E-state index in [1.165, 1.54) is 4.90 Å². The van der Waals surface area contributed by atoms with Gasteiger partial charge in [0.25, 0.3) is 5.91 Å². The van der Waals surface area contributed by atoms with Crippen LogP contribution in [-0.4, -0.2) is 48.3 Å². The Morgan fingerprint density at radius 3 is 2.83 bits per heavy atom. The monoisotopic (exact) mass is 348 g/mol. The van der Waals surface area contributed by atoms with Crippen LogP contribution < -0.4 is 5.32 Å². The number of nitrogens with zero attached hydrogens (tertiary/aromatic N) is 1. The lowest BCUT2D eigenvalue weighted by Gasteiger charge is -2.44. The first kappa shape index (κ1) is 16.1. The standard InChI is InChI=1S/C14H12ClF3N2O3/c15-8-3-1-2-7-6-9-11(23-13(22)14(16,17)18)19-4-5-20(9)12(21)10(7)8/h1-3,9,11,19H,4-6H2. The summed E-state index contributed by atoms with van der Waals surface area (Å²) in [5.41, 5.74) is 0.980. The van der Waals surface area contributed by atoms with Crippen LogP contribution in [-0.2, 0) is 16.0 Å². The number of carbonyl (C=O) groups is 2. The van der Waals surface area contributed by atoms with Gasteiger partial charge in [-0.1, -0.05) is 23.7 Å². The number of hydrogen-bond acceptors (Lipinski definition) is 4. The quantitative estimate of drug-likeness (QED) is 0.785. The minimum atomic E-state index is -5.08. The minimum absolute atomic E-state index is 0.220. The van der Waals surface area contributed by atoms with Crippen LogP contribution in [0.15, 0.2) is 18.2 Å². The van der Waals surface area contributed by atoms with Crippen molar-refractivity contribution in [2.45, 2.75) is 24.9 Å². The van der Waals surface area contributed by atoms with E-state index >= 15 is 0 Å². The average molecular weight is 349 g/mol. The first-order chi connectivity index (χ1) is 10.8. The first-order valence-corrected chi connectivity index (χ1v) is 7.26. The molecule has 0 aromatic heterocycles. The van der Waals surface area contributed by atoms with Crippen molar-refractivity contribution in [1.82, 2.24) is 10.2 Å². The molecule has 2 aliphatic heterocycles. The van der Waals surface area contributed by atoms with Gasteiger partial charge in [-0.05, 0) is 18.1 Å². The molecule has 1 amide bonds. The Labute approximate surface area is 134 Å². The van der Waals surface area contributed by atoms with Crippen LogP contribution in [0.25, 0.3) is 0 Å². The summed E-state index contributed by atoms with van der Waals surface area (Å²) in [4.78, 5) is 25.0. The van der Waals surface area contributed by atoms with Crippen LogP contribution in [0.2, 0.25) is 5.02 Å². The molecular weight excluding hydrogens is 337 g/mol. The Hall–Kier alpha value is -1.80. The minimum Gasteiger partial charge on any atom is -0.438 e. The number of carbonyl (C=O) groups excluding carboxylic acids is 2. The largest absolute Gasteiger partial charge is 0.490 e. The van der Waals surface area contributed by atoms with Gasteiger partial charge >= 0.3 is 12.1 Å². The number of hydrogen-bond donors (Lipinski definition) is 1. The molecule has 3 rings (SSSR count). The van der Waals surface area contributed by atoms with Crippen LogP contribution in [0.1, 0.15) is 15.9 Å². The summed E-state index contributed by atoms with van der Waals surface area (Å²) < 4.78 is 41.7. The lowest BCUT2D eigenvalue weighted by Crippen LogP contribution is -2.63. The maximum Gasteiger partial charge on any atom is 0.490 e. The Kier molecular flexibility index (Phi) is 3.97. The molecule has 2 unspecified atom stereocenters. The third-order valence-corrected chi connectivity index (χ3v) is 4.23. The molecule has 0 aliphatic carbocycles. The van der Waals surface area contributed by atoms with Crippen molar-refractivity contribution >= 4 is 23.5 Å². The molecule has 5 nitrogen and oxygen atoms in total. The number of esters is 1. The van der Waals surface area contributed by atoms with Crippen LogP contribution in [0.5, 0.6) is 0 Å². The van der Waals surface area contributed by atoms with E-state index in [-0.39, 0.29) is 18.9 Å². The Balaban J connectivity index is 1.88. The van der Waals surface area contributed by atoms with E-state index in [4.69, 9.17) is 11.6 Å². The molecule has 0 bridgehead atoms. The molecule has 1 N–H and O–H groups in total. The third kappa shape index (κ3) is 2.88. The number of halogens is 4. The molecule has 9 heteroatoms. The highest BCUT2D eigenvalue weighted by molar-refractivity contribution is 6.34. The number of nitrogens with one attached hydrogen (secondary N) is 1. The molecule has 0 radical (unpaired) electrons. The molecule has 0 spiro atoms. The molecule has 2 atom stereocenters. The van der Waals surface area contributed by atoms with Crippen molar-refractivity contribution in [2.75, 3.05) is 13.1 Å². The predicted octanol–water partition coefficient (Wildman–Crippen LogP) is 1.74. The maximum absolute atomic E-state index is 12.6. The van der Waals surface area contributed by atoms with Crippen molar-refractivity contribution in [3.63, 3.8) is 0 Å². The van der Waals surface area contributed by atoms with E-state index in [0.29, 0.717) is 22.7 Å². The van der Waals surface area contributed by atoms with E-state index in [0.717, 1.165) is 0 Å². The zero-order valence-corrected chi connectivity index (χ0v) is 12.4. The lowest BCUT2D eigenvalue weighted by atomic mass is 9.91. The van der Waals surface area contributed by atoms with Gasteiger partial charge < -0.3 is 9.64 Å². The number of piperazine rings is 1. The topological polar surface area (TPSA) is 58.6 Å². The number of amides is 1. The fourth-order valence-electron chi connectivity index (χ4n) is 2.91. The SMILES string of the molecule is O=C1c2c(Cl)cccc2CC2C(OC(=O)C(F)(F)F)NCCN12. The summed E-state index contributed by atoms with van der Waals surface area (Å²) >= 11 is 6.05. The van der Waals surface area contributed by atoms with Crippen LogP contribution in [0, 0.1) is 0 Å². The number of fused-ring (bicyclic) bond motifs is 2. The van der Waals surface area contributed by atoms with Crippen molar-refractivity contribution < 1.29 is 27.5 Å². The highest BCUT2D eigenvalue weighted by Crippen LogP contribution is 2.32. The van der Waals surface area contributed by atoms with E-state index < -0.39 is 24.4 Å². The van der Waals surface area contributed by atoms with Gasteiger partial charge in [0.15, 0.2) is 6.23 Å². The maximum atomic E-state index is 12.6. The van der Waals surface area contributed by atoms with Gasteiger partial charge in [0.1, 0.15) is 0 Å². The Morgan fingerprint density at radius 1 is 1.39 bits per heavy atom. The van der Waals surface area contributed by atoms with Gasteiger partial charge in [-0.15, -0.1) is 0 Å². The van der Waals surface area contributed by atoms with E-state index in [1.54, 1.807) is 18.2 Å². The highest BCUT2D eigenvalue weighted by atomic mass is 35.5. The summed E-state index contributed by atoms with van der Waals surface area (Å²) in [5, 5.41) is 3.02. The lowest BCUT2D eigenvalue weighted by molar-refractivity contribution is -0.210. The fraction of sp³-hybridized carbons (Fsp3) is 0.429. The highest BCUT2D eigenvalue weighted by Gasteiger charge is 2.47. The van der Waals surface area contributed by atoms with E-state index in [1.807, 2.05) is 0 Å². The Bertz CT molecular complexity index is 665. The molecule has 0 saturated carbocycles. The molecular formula is C14H12ClF3N2O3. The molecule has 23 heavy (non-hydrogen) atoms. The summed E-state index contributed by atoms with van der Waals surface area (Å²) in [6, 6.07) is 4.24. The number of ether oxygens (including phenoxy) is 1. The van der Waals surface area contributed by atoms with E-state index in [2.05, 4.69) is 10.1 Å². The predicted molar refractivity (Wildman–Crippen MR) is 73.9 cm³/mol. The van der Waals surface area contributed by atoms with Crippen molar-refractivity contribution in [2.24, 2.45) is 0 Å². The van der Waals surface area contributed by atoms with Crippen LogP contribution in [0.4, 0.5) is 13.2 Å². The van der Waals surface area contributed by atoms with Gasteiger partial charge in [0.2, 0.25) is 0 Å².